The van der Waals surface area contributed by atoms with Crippen molar-refractivity contribution in [2.45, 2.75) is 13.0 Å². The van der Waals surface area contributed by atoms with Crippen LogP contribution in [0.5, 0.6) is 0 Å². The minimum atomic E-state index is -2.55. The molecule has 1 aromatic rings. The molecule has 0 heterocycles. The van der Waals surface area contributed by atoms with Crippen molar-refractivity contribution in [1.29, 1.82) is 5.26 Å². The smallest absolute Gasteiger partial charge is 0.251 e. The summed E-state index contributed by atoms with van der Waals surface area (Å²) in [6.07, 6.45) is -2.55. The average Bonchev–Trinajstić information content (AvgIpc) is 2.28. The number of alkyl halides is 2. The second-order valence-electron chi connectivity index (χ2n) is 3.76. The largest absolute Gasteiger partial charge is 0.395 e. The molecule has 18 heavy (non-hydrogen) atoms. The van der Waals surface area contributed by atoms with Crippen molar-refractivity contribution in [3.8, 4) is 6.07 Å². The van der Waals surface area contributed by atoms with Crippen LogP contribution < -0.4 is 0 Å². The quantitative estimate of drug-likeness (QED) is 0.845. The van der Waals surface area contributed by atoms with Crippen LogP contribution in [-0.4, -0.2) is 36.1 Å². The van der Waals surface area contributed by atoms with Gasteiger partial charge in [0.2, 0.25) is 0 Å². The predicted octanol–water partition coefficient (Wildman–Crippen LogP) is 1.76. The lowest BCUT2D eigenvalue weighted by Crippen LogP contribution is -2.31. The van der Waals surface area contributed by atoms with Crippen molar-refractivity contribution < 1.29 is 18.3 Å². The molecule has 98 valence electrons. The van der Waals surface area contributed by atoms with E-state index in [2.05, 4.69) is 0 Å². The molecule has 3 nitrogen and oxygen atoms in total. The fourth-order valence-electron chi connectivity index (χ4n) is 1.61. The lowest BCUT2D eigenvalue weighted by Gasteiger charge is -2.21. The van der Waals surface area contributed by atoms with E-state index in [1.54, 1.807) is 0 Å². The molecule has 0 atom stereocenters. The second kappa shape index (κ2) is 6.99. The monoisotopic (exact) mass is 258 g/mol. The Hall–Kier alpha value is -1.58. The Morgan fingerprint density at radius 2 is 2.11 bits per heavy atom. The molecule has 0 fully saturated rings. The fourth-order valence-corrected chi connectivity index (χ4v) is 1.61. The van der Waals surface area contributed by atoms with Crippen LogP contribution in [0.4, 0.5) is 13.2 Å². The van der Waals surface area contributed by atoms with Gasteiger partial charge < -0.3 is 5.11 Å². The highest BCUT2D eigenvalue weighted by atomic mass is 19.3. The van der Waals surface area contributed by atoms with Crippen LogP contribution >= 0.6 is 0 Å². The Morgan fingerprint density at radius 3 is 2.67 bits per heavy atom. The van der Waals surface area contributed by atoms with E-state index < -0.39 is 18.8 Å². The molecule has 0 saturated heterocycles. The number of hydrogen-bond acceptors (Lipinski definition) is 3. The summed E-state index contributed by atoms with van der Waals surface area (Å²) < 4.78 is 37.7. The van der Waals surface area contributed by atoms with E-state index in [-0.39, 0.29) is 25.3 Å². The zero-order valence-corrected chi connectivity index (χ0v) is 9.61. The molecule has 0 amide bonds. The summed E-state index contributed by atoms with van der Waals surface area (Å²) in [6, 6.07) is 5.48. The van der Waals surface area contributed by atoms with Crippen LogP contribution in [0.3, 0.4) is 0 Å². The number of aliphatic hydroxyl groups excluding tert-OH is 1. The summed E-state index contributed by atoms with van der Waals surface area (Å²) >= 11 is 0. The van der Waals surface area contributed by atoms with Gasteiger partial charge in [0, 0.05) is 13.1 Å². The standard InChI is InChI=1S/C12H13F3N2O/c13-11-2-1-9(6-16)10(5-11)7-17(3-4-18)8-12(14)15/h1-2,5,12,18H,3-4,7-8H2. The van der Waals surface area contributed by atoms with Gasteiger partial charge >= 0.3 is 0 Å². The third-order valence-electron chi connectivity index (χ3n) is 2.39. The Morgan fingerprint density at radius 1 is 1.39 bits per heavy atom. The molecule has 0 aliphatic heterocycles. The van der Waals surface area contributed by atoms with Gasteiger partial charge in [-0.25, -0.2) is 13.2 Å². The molecule has 0 aromatic heterocycles. The summed E-state index contributed by atoms with van der Waals surface area (Å²) in [5, 5.41) is 17.6. The maximum Gasteiger partial charge on any atom is 0.251 e. The van der Waals surface area contributed by atoms with Gasteiger partial charge in [0.25, 0.3) is 6.43 Å². The van der Waals surface area contributed by atoms with Crippen molar-refractivity contribution in [1.82, 2.24) is 4.90 Å². The molecular formula is C12H13F3N2O. The minimum Gasteiger partial charge on any atom is -0.395 e. The molecule has 1 aromatic carbocycles. The molecule has 0 spiro atoms. The highest BCUT2D eigenvalue weighted by molar-refractivity contribution is 5.37. The Labute approximate surface area is 103 Å². The summed E-state index contributed by atoms with van der Waals surface area (Å²) in [4.78, 5) is 1.28. The SMILES string of the molecule is N#Cc1ccc(F)cc1CN(CCO)CC(F)F. The zero-order chi connectivity index (χ0) is 13.5. The van der Waals surface area contributed by atoms with Gasteiger partial charge in [0.1, 0.15) is 5.82 Å². The first-order valence-electron chi connectivity index (χ1n) is 5.36. The number of hydrogen-bond donors (Lipinski definition) is 1. The van der Waals surface area contributed by atoms with Crippen LogP contribution in [0.1, 0.15) is 11.1 Å². The number of nitrogens with zero attached hydrogens (tertiary/aromatic N) is 2. The predicted molar refractivity (Wildman–Crippen MR) is 59.5 cm³/mol. The topological polar surface area (TPSA) is 47.3 Å². The zero-order valence-electron chi connectivity index (χ0n) is 9.61. The van der Waals surface area contributed by atoms with Crippen molar-refractivity contribution in [3.63, 3.8) is 0 Å². The number of benzene rings is 1. The van der Waals surface area contributed by atoms with Crippen LogP contribution in [0, 0.1) is 17.1 Å². The van der Waals surface area contributed by atoms with E-state index in [1.165, 1.54) is 11.0 Å². The normalized spacial score (nSPS) is 10.9. The molecule has 1 rings (SSSR count). The third kappa shape index (κ3) is 4.35. The molecule has 1 N–H and O–H groups in total. The first-order valence-corrected chi connectivity index (χ1v) is 5.36. The van der Waals surface area contributed by atoms with Crippen LogP contribution in [0.25, 0.3) is 0 Å². The fraction of sp³-hybridized carbons (Fsp3) is 0.417. The van der Waals surface area contributed by atoms with E-state index in [0.717, 1.165) is 12.1 Å². The summed E-state index contributed by atoms with van der Waals surface area (Å²) in [5.41, 5.74) is 0.584. The van der Waals surface area contributed by atoms with E-state index in [0.29, 0.717) is 5.56 Å². The van der Waals surface area contributed by atoms with E-state index in [9.17, 15) is 13.2 Å². The highest BCUT2D eigenvalue weighted by Gasteiger charge is 2.14. The first kappa shape index (κ1) is 14.5. The minimum absolute atomic E-state index is 0.00551. The van der Waals surface area contributed by atoms with Crippen molar-refractivity contribution in [2.75, 3.05) is 19.7 Å². The number of rotatable bonds is 6. The summed E-state index contributed by atoms with van der Waals surface area (Å²) in [6.45, 7) is -0.747. The molecule has 6 heteroatoms. The maximum absolute atomic E-state index is 13.1. The summed E-state index contributed by atoms with van der Waals surface area (Å²) in [7, 11) is 0. The van der Waals surface area contributed by atoms with Crippen LogP contribution in [-0.2, 0) is 6.54 Å². The van der Waals surface area contributed by atoms with Gasteiger partial charge in [-0.1, -0.05) is 0 Å². The van der Waals surface area contributed by atoms with Crippen LogP contribution in [0.2, 0.25) is 0 Å². The third-order valence-corrected chi connectivity index (χ3v) is 2.39. The van der Waals surface area contributed by atoms with Crippen molar-refractivity contribution in [3.05, 3.63) is 35.1 Å². The maximum atomic E-state index is 13.1. The molecule has 0 saturated carbocycles. The molecule has 0 aliphatic carbocycles. The Balaban J connectivity index is 2.85. The van der Waals surface area contributed by atoms with Crippen molar-refractivity contribution >= 4 is 0 Å². The van der Waals surface area contributed by atoms with Gasteiger partial charge in [-0.3, -0.25) is 4.90 Å². The number of aliphatic hydroxyl groups is 1. The van der Waals surface area contributed by atoms with E-state index >= 15 is 0 Å². The lowest BCUT2D eigenvalue weighted by molar-refractivity contribution is 0.0746. The van der Waals surface area contributed by atoms with Gasteiger partial charge in [-0.15, -0.1) is 0 Å². The van der Waals surface area contributed by atoms with Gasteiger partial charge in [-0.05, 0) is 23.8 Å². The second-order valence-corrected chi connectivity index (χ2v) is 3.76. The van der Waals surface area contributed by atoms with Gasteiger partial charge in [0.05, 0.1) is 24.8 Å². The van der Waals surface area contributed by atoms with Gasteiger partial charge in [-0.2, -0.15) is 5.26 Å². The van der Waals surface area contributed by atoms with Crippen molar-refractivity contribution in [2.24, 2.45) is 0 Å². The first-order chi connectivity index (χ1) is 8.56. The molecule has 0 aliphatic rings. The molecule has 0 unspecified atom stereocenters. The van der Waals surface area contributed by atoms with Crippen LogP contribution in [0.15, 0.2) is 18.2 Å². The Bertz CT molecular complexity index is 432. The highest BCUT2D eigenvalue weighted by Crippen LogP contribution is 2.14. The van der Waals surface area contributed by atoms with E-state index in [1.807, 2.05) is 6.07 Å². The average molecular weight is 258 g/mol. The van der Waals surface area contributed by atoms with E-state index in [4.69, 9.17) is 10.4 Å². The lowest BCUT2D eigenvalue weighted by atomic mass is 10.1. The number of nitriles is 1. The summed E-state index contributed by atoms with van der Waals surface area (Å²) in [5.74, 6) is -0.523. The number of halogens is 3. The molecule has 0 radical (unpaired) electrons. The molecular weight excluding hydrogens is 245 g/mol. The van der Waals surface area contributed by atoms with Gasteiger partial charge in [0.15, 0.2) is 0 Å². The molecule has 0 bridgehead atoms. The Kier molecular flexibility index (Phi) is 5.62.